The van der Waals surface area contributed by atoms with E-state index in [2.05, 4.69) is 27.5 Å². The Hall–Kier alpha value is -2.34. The van der Waals surface area contributed by atoms with Crippen molar-refractivity contribution < 1.29 is 14.1 Å². The van der Waals surface area contributed by atoms with Crippen LogP contribution in [0.2, 0.25) is 0 Å². The summed E-state index contributed by atoms with van der Waals surface area (Å²) in [5, 5.41) is 7.21. The third-order valence-corrected chi connectivity index (χ3v) is 5.95. The monoisotopic (exact) mass is 367 g/mol. The summed E-state index contributed by atoms with van der Waals surface area (Å²) < 4.78 is 10.8. The highest BCUT2D eigenvalue weighted by Gasteiger charge is 2.43. The molecule has 1 aromatic heterocycles. The van der Waals surface area contributed by atoms with Crippen molar-refractivity contribution in [3.8, 4) is 5.75 Å². The number of nitrogens with zero attached hydrogens (tertiary/aromatic N) is 2. The smallest absolute Gasteiger partial charge is 0.273 e. The maximum Gasteiger partial charge on any atom is 0.273 e. The lowest BCUT2D eigenvalue weighted by atomic mass is 9.99. The van der Waals surface area contributed by atoms with Crippen molar-refractivity contribution in [2.45, 2.75) is 56.1 Å². The minimum atomic E-state index is -0.138. The molecular formula is C21H25N3O3. The molecular weight excluding hydrogens is 342 g/mol. The zero-order valence-corrected chi connectivity index (χ0v) is 15.6. The number of ether oxygens (including phenoxy) is 1. The molecule has 1 amide bonds. The highest BCUT2D eigenvalue weighted by atomic mass is 16.5. The van der Waals surface area contributed by atoms with Gasteiger partial charge < -0.3 is 14.6 Å². The fourth-order valence-electron chi connectivity index (χ4n) is 4.23. The second-order valence-electron chi connectivity index (χ2n) is 7.95. The van der Waals surface area contributed by atoms with E-state index in [1.54, 1.807) is 13.2 Å². The molecule has 2 heterocycles. The molecule has 1 saturated heterocycles. The summed E-state index contributed by atoms with van der Waals surface area (Å²) in [4.78, 5) is 15.3. The third-order valence-electron chi connectivity index (χ3n) is 5.95. The molecule has 0 radical (unpaired) electrons. The van der Waals surface area contributed by atoms with Gasteiger partial charge in [0.15, 0.2) is 5.69 Å². The standard InChI is InChI=1S/C21H25N3O3/c1-26-16-4-2-3-14(11-16)20-17(9-10-24(20)15-7-8-15)22-21(25)18-12-19(27-23-18)13-5-6-13/h2-4,11-13,15,17,20H,5-10H2,1H3,(H,22,25). The number of carbonyl (C=O) groups excluding carboxylic acids is 1. The molecule has 3 aliphatic rings. The molecule has 27 heavy (non-hydrogen) atoms. The van der Waals surface area contributed by atoms with E-state index >= 15 is 0 Å². The van der Waals surface area contributed by atoms with Gasteiger partial charge in [0.1, 0.15) is 11.5 Å². The Morgan fingerprint density at radius 2 is 2.07 bits per heavy atom. The van der Waals surface area contributed by atoms with Gasteiger partial charge in [-0.3, -0.25) is 9.69 Å². The van der Waals surface area contributed by atoms with Crippen molar-refractivity contribution in [3.05, 3.63) is 47.3 Å². The molecule has 1 N–H and O–H groups in total. The summed E-state index contributed by atoms with van der Waals surface area (Å²) in [6.45, 7) is 1.00. The zero-order valence-electron chi connectivity index (χ0n) is 15.6. The average Bonchev–Trinajstić information content (AvgIpc) is 3.63. The molecule has 1 aliphatic heterocycles. The molecule has 2 saturated carbocycles. The van der Waals surface area contributed by atoms with E-state index < -0.39 is 0 Å². The Bertz CT molecular complexity index is 841. The summed E-state index contributed by atoms with van der Waals surface area (Å²) in [5.74, 6) is 2.02. The molecule has 2 atom stereocenters. The molecule has 6 heteroatoms. The predicted octanol–water partition coefficient (Wildman–Crippen LogP) is 3.27. The fraction of sp³-hybridized carbons (Fsp3) is 0.524. The molecule has 2 aromatic rings. The lowest BCUT2D eigenvalue weighted by Gasteiger charge is -2.29. The molecule has 0 spiro atoms. The van der Waals surface area contributed by atoms with Crippen LogP contribution < -0.4 is 10.1 Å². The van der Waals surface area contributed by atoms with E-state index in [0.29, 0.717) is 17.7 Å². The van der Waals surface area contributed by atoms with E-state index in [9.17, 15) is 4.79 Å². The van der Waals surface area contributed by atoms with Gasteiger partial charge in [0, 0.05) is 24.6 Å². The topological polar surface area (TPSA) is 67.6 Å². The van der Waals surface area contributed by atoms with Crippen LogP contribution in [0.4, 0.5) is 0 Å². The largest absolute Gasteiger partial charge is 0.497 e. The van der Waals surface area contributed by atoms with Crippen LogP contribution in [0.3, 0.4) is 0 Å². The first-order valence-corrected chi connectivity index (χ1v) is 9.90. The normalized spacial score (nSPS) is 25.5. The maximum atomic E-state index is 12.8. The van der Waals surface area contributed by atoms with Crippen molar-refractivity contribution in [2.75, 3.05) is 13.7 Å². The Morgan fingerprint density at radius 1 is 1.22 bits per heavy atom. The van der Waals surface area contributed by atoms with Crippen molar-refractivity contribution >= 4 is 5.91 Å². The van der Waals surface area contributed by atoms with Crippen molar-refractivity contribution in [3.63, 3.8) is 0 Å². The summed E-state index contributed by atoms with van der Waals surface area (Å²) in [6, 6.07) is 10.9. The SMILES string of the molecule is COc1cccc(C2C(NC(=O)c3cc(C4CC4)on3)CCN2C2CC2)c1. The van der Waals surface area contributed by atoms with Crippen LogP contribution in [0.15, 0.2) is 34.9 Å². The first kappa shape index (κ1) is 16.8. The molecule has 1 aromatic carbocycles. The first-order chi connectivity index (χ1) is 13.2. The first-order valence-electron chi connectivity index (χ1n) is 9.90. The Balaban J connectivity index is 1.36. The van der Waals surface area contributed by atoms with E-state index in [-0.39, 0.29) is 18.0 Å². The van der Waals surface area contributed by atoms with Crippen LogP contribution in [0.25, 0.3) is 0 Å². The number of carbonyl (C=O) groups is 1. The number of hydrogen-bond acceptors (Lipinski definition) is 5. The number of hydrogen-bond donors (Lipinski definition) is 1. The third kappa shape index (κ3) is 3.34. The second kappa shape index (κ2) is 6.68. The van der Waals surface area contributed by atoms with Gasteiger partial charge in [-0.1, -0.05) is 17.3 Å². The van der Waals surface area contributed by atoms with Crippen LogP contribution in [-0.2, 0) is 0 Å². The molecule has 6 nitrogen and oxygen atoms in total. The van der Waals surface area contributed by atoms with Crippen LogP contribution in [0, 0.1) is 0 Å². The molecule has 2 aliphatic carbocycles. The fourth-order valence-corrected chi connectivity index (χ4v) is 4.23. The summed E-state index contributed by atoms with van der Waals surface area (Å²) in [6.07, 6.45) is 5.70. The highest BCUT2D eigenvalue weighted by Crippen LogP contribution is 2.42. The number of likely N-dealkylation sites (tertiary alicyclic amines) is 1. The van der Waals surface area contributed by atoms with Crippen LogP contribution >= 0.6 is 0 Å². The number of rotatable bonds is 6. The number of aromatic nitrogens is 1. The van der Waals surface area contributed by atoms with Crippen molar-refractivity contribution in [1.82, 2.24) is 15.4 Å². The number of amides is 1. The van der Waals surface area contributed by atoms with E-state index in [4.69, 9.17) is 9.26 Å². The number of nitrogens with one attached hydrogen (secondary N) is 1. The average molecular weight is 367 g/mol. The van der Waals surface area contributed by atoms with E-state index in [1.807, 2.05) is 12.1 Å². The molecule has 5 rings (SSSR count). The van der Waals surface area contributed by atoms with Crippen LogP contribution in [0.1, 0.15) is 65.9 Å². The molecule has 0 bridgehead atoms. The van der Waals surface area contributed by atoms with Crippen molar-refractivity contribution in [2.24, 2.45) is 0 Å². The van der Waals surface area contributed by atoms with Gasteiger partial charge in [0.2, 0.25) is 0 Å². The zero-order chi connectivity index (χ0) is 18.4. The molecule has 2 unspecified atom stereocenters. The Morgan fingerprint density at radius 3 is 2.81 bits per heavy atom. The highest BCUT2D eigenvalue weighted by molar-refractivity contribution is 5.92. The van der Waals surface area contributed by atoms with Crippen molar-refractivity contribution in [1.29, 1.82) is 0 Å². The second-order valence-corrected chi connectivity index (χ2v) is 7.95. The van der Waals surface area contributed by atoms with E-state index in [0.717, 1.165) is 37.3 Å². The van der Waals surface area contributed by atoms with Crippen LogP contribution in [0.5, 0.6) is 5.75 Å². The minimum absolute atomic E-state index is 0.0614. The van der Waals surface area contributed by atoms with Crippen LogP contribution in [-0.4, -0.2) is 41.7 Å². The quantitative estimate of drug-likeness (QED) is 0.849. The van der Waals surface area contributed by atoms with Gasteiger partial charge in [-0.15, -0.1) is 0 Å². The maximum absolute atomic E-state index is 12.8. The number of benzene rings is 1. The lowest BCUT2D eigenvalue weighted by molar-refractivity contribution is 0.0914. The summed E-state index contributed by atoms with van der Waals surface area (Å²) >= 11 is 0. The van der Waals surface area contributed by atoms with Gasteiger partial charge >= 0.3 is 0 Å². The summed E-state index contributed by atoms with van der Waals surface area (Å²) in [7, 11) is 1.69. The summed E-state index contributed by atoms with van der Waals surface area (Å²) in [5.41, 5.74) is 1.59. The Kier molecular flexibility index (Phi) is 4.16. The van der Waals surface area contributed by atoms with Gasteiger partial charge in [-0.25, -0.2) is 0 Å². The van der Waals surface area contributed by atoms with Gasteiger partial charge in [0.05, 0.1) is 19.2 Å². The predicted molar refractivity (Wildman–Crippen MR) is 99.8 cm³/mol. The Labute approximate surface area is 158 Å². The van der Waals surface area contributed by atoms with Gasteiger partial charge in [0.25, 0.3) is 5.91 Å². The molecule has 3 fully saturated rings. The minimum Gasteiger partial charge on any atom is -0.497 e. The van der Waals surface area contributed by atoms with Gasteiger partial charge in [-0.2, -0.15) is 0 Å². The molecule has 142 valence electrons. The van der Waals surface area contributed by atoms with Gasteiger partial charge in [-0.05, 0) is 49.8 Å². The number of methoxy groups -OCH3 is 1. The van der Waals surface area contributed by atoms with E-state index in [1.165, 1.54) is 18.4 Å². The lowest BCUT2D eigenvalue weighted by Crippen LogP contribution is -2.40.